The summed E-state index contributed by atoms with van der Waals surface area (Å²) >= 11 is 0. The molecule has 484 valence electrons. The first-order chi connectivity index (χ1) is 36.7. The molecular weight excluding hydrogens is 1110 g/mol. The number of hydrogen-bond acceptors (Lipinski definition) is 3. The van der Waals surface area contributed by atoms with Crippen molar-refractivity contribution >= 4 is 16.8 Å². The van der Waals surface area contributed by atoms with Crippen molar-refractivity contribution in [1.29, 1.82) is 0 Å². The van der Waals surface area contributed by atoms with Gasteiger partial charge in [0.1, 0.15) is 0 Å². The Morgan fingerprint density at radius 2 is 0.707 bits per heavy atom. The van der Waals surface area contributed by atoms with Gasteiger partial charge >= 0.3 is 43.4 Å². The van der Waals surface area contributed by atoms with Gasteiger partial charge < -0.3 is 63.7 Å². The molecule has 11 nitrogen and oxygen atoms in total. The predicted octanol–water partition coefficient (Wildman–Crippen LogP) is 19.2. The summed E-state index contributed by atoms with van der Waals surface area (Å²) in [4.78, 5) is 10.1. The van der Waals surface area contributed by atoms with Gasteiger partial charge in [0.15, 0.2) is 8.40 Å². The van der Waals surface area contributed by atoms with Gasteiger partial charge in [-0.3, -0.25) is 0 Å². The van der Waals surface area contributed by atoms with Gasteiger partial charge in [0.05, 0.1) is 0 Å². The fraction of sp³-hybridized carbons (Fsp3) is 0.985. The summed E-state index contributed by atoms with van der Waals surface area (Å²) in [5, 5.41) is 24.5. The minimum atomic E-state index is -1.84. The van der Waals surface area contributed by atoms with Crippen LogP contribution in [0.2, 0.25) is 26.2 Å². The van der Waals surface area contributed by atoms with Crippen molar-refractivity contribution in [1.82, 2.24) is 14.1 Å². The summed E-state index contributed by atoms with van der Waals surface area (Å²) in [6, 6.07) is 3.50. The molecular formula is C67H144N11Si2Ti2-. The molecule has 0 radical (unpaired) electrons. The smallest absolute Gasteiger partial charge is 0.668 e. The van der Waals surface area contributed by atoms with Crippen LogP contribution in [0.25, 0.3) is 42.2 Å². The second kappa shape index (κ2) is 43.2. The molecule has 0 aromatic rings. The van der Waals surface area contributed by atoms with Crippen LogP contribution in [0.3, 0.4) is 0 Å². The maximum atomic E-state index is 5.78. The average molecular weight is 1260 g/mol. The summed E-state index contributed by atoms with van der Waals surface area (Å²) in [7, 11) is 20.9. The first kappa shape index (κ1) is 89.8. The topological polar surface area (TPSA) is 131 Å². The minimum absolute atomic E-state index is 0. The molecule has 6 aliphatic carbocycles. The van der Waals surface area contributed by atoms with Gasteiger partial charge in [0.25, 0.3) is 0 Å². The van der Waals surface area contributed by atoms with Gasteiger partial charge in [-0.25, -0.2) is 0 Å². The van der Waals surface area contributed by atoms with E-state index in [1.54, 1.807) is 112 Å². The number of hydrogen-bond donors (Lipinski definition) is 1. The second-order valence-electron chi connectivity index (χ2n) is 30.9. The van der Waals surface area contributed by atoms with E-state index in [1.165, 1.54) is 103 Å². The largest absolute Gasteiger partial charge is 4.00 e. The molecule has 8 rings (SSSR count). The Morgan fingerprint density at radius 3 is 1.04 bits per heavy atom. The van der Waals surface area contributed by atoms with E-state index in [0.717, 1.165) is 83.3 Å². The number of rotatable bonds is 8. The zero-order chi connectivity index (χ0) is 61.3. The van der Waals surface area contributed by atoms with E-state index in [-0.39, 0.29) is 61.9 Å². The standard InChI is InChI=1S/C26H50N2Si.C26H49N2Si.7C2H6N.CH3.2Ti/c2*1-18-13-14-23-21(15-18)22-16-19-11-9-10-12-20(19)24(22)28(23)29(7,8)27-26(5,6)17-25(2,3)4;7*1-3-2;;;/h18-24,27H,9-17H2,1-8H3;18-24H,9-17H2,1-8H3;7*1-2H3;1H3;;/q;9*-1;2*+4. The Hall–Kier alpha value is 1.42. The maximum Gasteiger partial charge on any atom is 4.00 e. The molecule has 8 fully saturated rings. The Labute approximate surface area is 548 Å². The first-order valence-electron chi connectivity index (χ1n) is 32.1. The maximum absolute atomic E-state index is 5.78. The Morgan fingerprint density at radius 1 is 0.402 bits per heavy atom. The molecule has 15 heteroatoms. The molecule has 8 aliphatic rings. The van der Waals surface area contributed by atoms with E-state index in [0.29, 0.717) is 10.8 Å². The Balaban J connectivity index is -0.000000540. The molecule has 2 aliphatic heterocycles. The van der Waals surface area contributed by atoms with Crippen LogP contribution < -0.4 is 4.98 Å². The van der Waals surface area contributed by atoms with Crippen LogP contribution in [0.4, 0.5) is 0 Å². The molecule has 14 unspecified atom stereocenters. The van der Waals surface area contributed by atoms with Crippen molar-refractivity contribution in [3.63, 3.8) is 0 Å². The van der Waals surface area contributed by atoms with Crippen molar-refractivity contribution < 1.29 is 43.4 Å². The molecule has 2 saturated heterocycles. The average Bonchev–Trinajstić information content (AvgIpc) is 4.03. The van der Waals surface area contributed by atoms with E-state index in [2.05, 4.69) is 161 Å². The van der Waals surface area contributed by atoms with Crippen LogP contribution in [-0.2, 0) is 43.4 Å². The predicted molar refractivity (Wildman–Crippen MR) is 370 cm³/mol. The normalized spacial score (nSPS) is 30.7. The molecule has 0 aromatic carbocycles. The van der Waals surface area contributed by atoms with E-state index >= 15 is 0 Å². The number of nitrogens with one attached hydrogen (secondary N) is 1. The summed E-state index contributed by atoms with van der Waals surface area (Å²) in [5.41, 5.74) is 1.02. The zero-order valence-electron chi connectivity index (χ0n) is 60.8. The number of nitrogens with zero attached hydrogens (tertiary/aromatic N) is 10. The van der Waals surface area contributed by atoms with E-state index in [9.17, 15) is 0 Å². The quantitative estimate of drug-likeness (QED) is 0.192. The molecule has 14 atom stereocenters. The molecule has 0 spiro atoms. The molecule has 82 heavy (non-hydrogen) atoms. The Bertz CT molecular complexity index is 1420. The fourth-order valence-electron chi connectivity index (χ4n) is 18.1. The monoisotopic (exact) mass is 1260 g/mol. The van der Waals surface area contributed by atoms with Gasteiger partial charge in [0, 0.05) is 38.1 Å². The first-order valence-corrected chi connectivity index (χ1v) is 38.0. The van der Waals surface area contributed by atoms with Gasteiger partial charge in [0.2, 0.25) is 0 Å². The summed E-state index contributed by atoms with van der Waals surface area (Å²) < 4.78 is 6.38. The van der Waals surface area contributed by atoms with Crippen molar-refractivity contribution in [3.05, 3.63) is 49.6 Å². The van der Waals surface area contributed by atoms with Crippen molar-refractivity contribution in [2.75, 3.05) is 98.7 Å². The van der Waals surface area contributed by atoms with Crippen LogP contribution in [0.5, 0.6) is 0 Å². The van der Waals surface area contributed by atoms with Crippen LogP contribution in [0.1, 0.15) is 199 Å². The van der Waals surface area contributed by atoms with Crippen molar-refractivity contribution in [3.8, 4) is 0 Å². The summed E-state index contributed by atoms with van der Waals surface area (Å²) in [6.07, 6.45) is 26.4. The molecule has 2 heterocycles. The second-order valence-corrected chi connectivity index (χ2v) is 38.5. The summed E-state index contributed by atoms with van der Waals surface area (Å²) in [6.45, 7) is 39.7. The third-order valence-electron chi connectivity index (χ3n) is 18.0. The van der Waals surface area contributed by atoms with Gasteiger partial charge in [-0.1, -0.05) is 127 Å². The molecule has 1 N–H and O–H groups in total. The Kier molecular flexibility index (Phi) is 47.4. The third kappa shape index (κ3) is 29.6. The molecule has 6 saturated carbocycles. The van der Waals surface area contributed by atoms with Crippen LogP contribution >= 0.6 is 0 Å². The van der Waals surface area contributed by atoms with E-state index < -0.39 is 16.8 Å². The number of fused-ring (bicyclic) bond motifs is 10. The molecule has 0 amide bonds. The van der Waals surface area contributed by atoms with Crippen molar-refractivity contribution in [2.45, 2.75) is 260 Å². The van der Waals surface area contributed by atoms with Crippen LogP contribution in [0.15, 0.2) is 0 Å². The minimum Gasteiger partial charge on any atom is -0.668 e. The summed E-state index contributed by atoms with van der Waals surface area (Å²) in [5.74, 6) is 9.94. The van der Waals surface area contributed by atoms with Crippen LogP contribution in [-0.4, -0.2) is 160 Å². The third-order valence-corrected chi connectivity index (χ3v) is 24.2. The van der Waals surface area contributed by atoms with Gasteiger partial charge in [-0.15, -0.1) is 5.54 Å². The zero-order valence-corrected chi connectivity index (χ0v) is 65.9. The van der Waals surface area contributed by atoms with E-state index in [4.69, 9.17) is 4.98 Å². The van der Waals surface area contributed by atoms with Gasteiger partial charge in [-0.05, 0) is 168 Å². The molecule has 0 bridgehead atoms. The van der Waals surface area contributed by atoms with Gasteiger partial charge in [-0.2, -0.15) is 98.7 Å². The van der Waals surface area contributed by atoms with Crippen LogP contribution in [0, 0.1) is 77.4 Å². The molecule has 0 aromatic heterocycles. The fourth-order valence-corrected chi connectivity index (χ4v) is 26.2. The van der Waals surface area contributed by atoms with E-state index in [1.807, 2.05) is 0 Å². The SMILES string of the molecule is CC1CCC2C(C1)C1CC3CCCCC3C1N2[Si](C)(C)NC(C)(C)CC(C)(C)C.CC1CCC2C(C1)C1CC3CCCCC3C1N2[Si](C)(C)[N-]C(C)(C)CC(C)(C)C.C[N-]C.C[N-]C.C[N-]C.C[N-]C.C[N-]C.C[N-]C.C[N-]C.[CH3-].[Ti+4].[Ti+4]. The van der Waals surface area contributed by atoms with Crippen molar-refractivity contribution in [2.24, 2.45) is 70.0 Å².